The predicted molar refractivity (Wildman–Crippen MR) is 84.5 cm³/mol. The van der Waals surface area contributed by atoms with Crippen LogP contribution in [0.3, 0.4) is 0 Å². The fraction of sp³-hybridized carbons (Fsp3) is 0.600. The Morgan fingerprint density at radius 1 is 1.39 bits per heavy atom. The third-order valence-electron chi connectivity index (χ3n) is 3.87. The number of methoxy groups -OCH3 is 1. The maximum absolute atomic E-state index is 13.5. The summed E-state index contributed by atoms with van der Waals surface area (Å²) >= 11 is 0. The Morgan fingerprint density at radius 2 is 2.17 bits per heavy atom. The molecule has 0 aliphatic carbocycles. The number of sulfonamides is 1. The van der Waals surface area contributed by atoms with Crippen LogP contribution in [0.1, 0.15) is 13.3 Å². The van der Waals surface area contributed by atoms with E-state index in [0.717, 1.165) is 19.0 Å². The molecule has 0 radical (unpaired) electrons. The predicted octanol–water partition coefficient (Wildman–Crippen LogP) is 1.13. The van der Waals surface area contributed by atoms with Gasteiger partial charge in [-0.3, -0.25) is 0 Å². The van der Waals surface area contributed by atoms with E-state index in [1.807, 2.05) is 6.92 Å². The van der Waals surface area contributed by atoms with Gasteiger partial charge in [0.05, 0.1) is 6.61 Å². The molecule has 0 aromatic heterocycles. The van der Waals surface area contributed by atoms with Gasteiger partial charge in [0.15, 0.2) is 0 Å². The molecule has 2 rings (SSSR count). The first-order valence-corrected chi connectivity index (χ1v) is 9.06. The molecule has 23 heavy (non-hydrogen) atoms. The van der Waals surface area contributed by atoms with Gasteiger partial charge in [-0.15, -0.1) is 0 Å². The molecule has 2 unspecified atom stereocenters. The Kier molecular flexibility index (Phi) is 6.34. The molecule has 0 saturated carbocycles. The third-order valence-corrected chi connectivity index (χ3v) is 5.39. The van der Waals surface area contributed by atoms with E-state index in [1.54, 1.807) is 0 Å². The molecule has 0 bridgehead atoms. The Bertz CT molecular complexity index is 624. The summed E-state index contributed by atoms with van der Waals surface area (Å²) < 4.78 is 51.7. The van der Waals surface area contributed by atoms with Gasteiger partial charge in [-0.05, 0) is 37.1 Å². The van der Waals surface area contributed by atoms with Crippen LogP contribution in [0.2, 0.25) is 0 Å². The van der Waals surface area contributed by atoms with E-state index in [9.17, 15) is 12.8 Å². The summed E-state index contributed by atoms with van der Waals surface area (Å²) in [4.78, 5) is -0.189. The zero-order valence-electron chi connectivity index (χ0n) is 13.3. The van der Waals surface area contributed by atoms with E-state index in [2.05, 4.69) is 10.0 Å². The van der Waals surface area contributed by atoms with Crippen molar-refractivity contribution in [3.63, 3.8) is 0 Å². The van der Waals surface area contributed by atoms with Gasteiger partial charge < -0.3 is 14.8 Å². The summed E-state index contributed by atoms with van der Waals surface area (Å²) in [6.45, 7) is 3.91. The van der Waals surface area contributed by atoms with E-state index in [4.69, 9.17) is 9.47 Å². The number of nitrogens with one attached hydrogen (secondary N) is 2. The van der Waals surface area contributed by atoms with E-state index < -0.39 is 15.8 Å². The summed E-state index contributed by atoms with van der Waals surface area (Å²) in [6.07, 6.45) is 0.882. The topological polar surface area (TPSA) is 76.7 Å². The van der Waals surface area contributed by atoms with Crippen LogP contribution in [-0.2, 0) is 14.8 Å². The highest BCUT2D eigenvalue weighted by atomic mass is 32.2. The fourth-order valence-corrected chi connectivity index (χ4v) is 3.96. The monoisotopic (exact) mass is 346 g/mol. The molecule has 2 N–H and O–H groups in total. The third kappa shape index (κ3) is 4.87. The molecule has 1 aromatic carbocycles. The highest BCUT2D eigenvalue weighted by Gasteiger charge is 2.29. The van der Waals surface area contributed by atoms with Crippen LogP contribution >= 0.6 is 0 Å². The van der Waals surface area contributed by atoms with Crippen LogP contribution in [0.5, 0.6) is 5.75 Å². The normalized spacial score (nSPS) is 22.0. The smallest absolute Gasteiger partial charge is 0.244 e. The van der Waals surface area contributed by atoms with Crippen LogP contribution in [-0.4, -0.2) is 47.9 Å². The number of hydrogen-bond acceptors (Lipinski definition) is 5. The first kappa shape index (κ1) is 18.1. The summed E-state index contributed by atoms with van der Waals surface area (Å²) in [5.41, 5.74) is 0. The molecule has 1 aliphatic rings. The minimum absolute atomic E-state index is 0.118. The van der Waals surface area contributed by atoms with Crippen LogP contribution < -0.4 is 14.8 Å². The molecule has 2 atom stereocenters. The van der Waals surface area contributed by atoms with E-state index in [0.29, 0.717) is 13.2 Å². The SMILES string of the molecule is COCCOc1ccc(F)cc1S(=O)(=O)NC1CNCCC1C. The van der Waals surface area contributed by atoms with Crippen molar-refractivity contribution in [2.45, 2.75) is 24.3 Å². The second-order valence-corrected chi connectivity index (χ2v) is 7.31. The number of halogens is 1. The van der Waals surface area contributed by atoms with E-state index in [-0.39, 0.29) is 29.2 Å². The minimum Gasteiger partial charge on any atom is -0.490 e. The lowest BCUT2D eigenvalue weighted by Gasteiger charge is -2.30. The molecular weight excluding hydrogens is 323 g/mol. The van der Waals surface area contributed by atoms with Crippen molar-refractivity contribution in [3.05, 3.63) is 24.0 Å². The highest BCUT2D eigenvalue weighted by molar-refractivity contribution is 7.89. The molecule has 1 fully saturated rings. The van der Waals surface area contributed by atoms with Crippen LogP contribution in [0, 0.1) is 11.7 Å². The molecule has 1 aliphatic heterocycles. The van der Waals surface area contributed by atoms with Gasteiger partial charge in [-0.1, -0.05) is 6.92 Å². The molecular formula is C15H23FN2O4S. The van der Waals surface area contributed by atoms with Gasteiger partial charge in [-0.25, -0.2) is 17.5 Å². The van der Waals surface area contributed by atoms with Crippen LogP contribution in [0.4, 0.5) is 4.39 Å². The van der Waals surface area contributed by atoms with Crippen molar-refractivity contribution in [3.8, 4) is 5.75 Å². The van der Waals surface area contributed by atoms with Gasteiger partial charge in [0.2, 0.25) is 10.0 Å². The van der Waals surface area contributed by atoms with Crippen molar-refractivity contribution in [2.75, 3.05) is 33.4 Å². The first-order chi connectivity index (χ1) is 10.9. The molecule has 0 amide bonds. The molecule has 1 aromatic rings. The first-order valence-electron chi connectivity index (χ1n) is 7.58. The number of piperidine rings is 1. The molecule has 0 spiro atoms. The summed E-state index contributed by atoms with van der Waals surface area (Å²) in [7, 11) is -2.36. The number of benzene rings is 1. The molecule has 130 valence electrons. The van der Waals surface area contributed by atoms with E-state index >= 15 is 0 Å². The standard InChI is InChI=1S/C15H23FN2O4S/c1-11-5-6-17-10-13(11)18-23(19,20)15-9-12(16)3-4-14(15)22-8-7-21-2/h3-4,9,11,13,17-18H,5-8,10H2,1-2H3. The average Bonchev–Trinajstić information content (AvgIpc) is 2.51. The lowest BCUT2D eigenvalue weighted by molar-refractivity contribution is 0.144. The van der Waals surface area contributed by atoms with Crippen molar-refractivity contribution in [1.29, 1.82) is 0 Å². The number of rotatable bonds is 7. The van der Waals surface area contributed by atoms with Crippen molar-refractivity contribution in [1.82, 2.24) is 10.0 Å². The van der Waals surface area contributed by atoms with Crippen LogP contribution in [0.25, 0.3) is 0 Å². The van der Waals surface area contributed by atoms with Gasteiger partial charge in [-0.2, -0.15) is 0 Å². The second kappa shape index (κ2) is 8.05. The van der Waals surface area contributed by atoms with Crippen molar-refractivity contribution in [2.24, 2.45) is 5.92 Å². The Hall–Kier alpha value is -1.22. The van der Waals surface area contributed by atoms with Crippen LogP contribution in [0.15, 0.2) is 23.1 Å². The zero-order valence-corrected chi connectivity index (χ0v) is 14.2. The zero-order chi connectivity index (χ0) is 16.9. The maximum atomic E-state index is 13.5. The Balaban J connectivity index is 2.21. The molecule has 6 nitrogen and oxygen atoms in total. The number of hydrogen-bond donors (Lipinski definition) is 2. The lowest BCUT2D eigenvalue weighted by Crippen LogP contribution is -2.50. The van der Waals surface area contributed by atoms with Gasteiger partial charge >= 0.3 is 0 Å². The minimum atomic E-state index is -3.88. The second-order valence-electron chi connectivity index (χ2n) is 5.63. The summed E-state index contributed by atoms with van der Waals surface area (Å²) in [5.74, 6) is -0.302. The van der Waals surface area contributed by atoms with E-state index in [1.165, 1.54) is 19.2 Å². The molecule has 1 saturated heterocycles. The number of ether oxygens (including phenoxy) is 2. The largest absolute Gasteiger partial charge is 0.490 e. The quantitative estimate of drug-likeness (QED) is 0.724. The summed E-state index contributed by atoms with van der Waals surface area (Å²) in [5, 5.41) is 3.16. The summed E-state index contributed by atoms with van der Waals surface area (Å²) in [6, 6.07) is 3.24. The van der Waals surface area contributed by atoms with Gasteiger partial charge in [0.1, 0.15) is 23.1 Å². The van der Waals surface area contributed by atoms with Crippen molar-refractivity contribution < 1.29 is 22.3 Å². The van der Waals surface area contributed by atoms with Crippen molar-refractivity contribution >= 4 is 10.0 Å². The lowest BCUT2D eigenvalue weighted by atomic mass is 9.96. The van der Waals surface area contributed by atoms with Gasteiger partial charge in [0, 0.05) is 19.7 Å². The van der Waals surface area contributed by atoms with Gasteiger partial charge in [0.25, 0.3) is 0 Å². The molecule has 8 heteroatoms. The highest BCUT2D eigenvalue weighted by Crippen LogP contribution is 2.26. The Morgan fingerprint density at radius 3 is 2.87 bits per heavy atom. The fourth-order valence-electron chi connectivity index (χ4n) is 2.46. The maximum Gasteiger partial charge on any atom is 0.244 e. The molecule has 1 heterocycles. The average molecular weight is 346 g/mol. The Labute approximate surface area is 136 Å².